The molecule has 0 bridgehead atoms. The predicted molar refractivity (Wildman–Crippen MR) is 108 cm³/mol. The standard InChI is InChI=1S/C22H23N3O4/c1-13-4-9-17(27)16(12-13)19-18-20(24-23-19)22(28)25(10-3-11-26)21(18)14-5-7-15(29-2)8-6-14/h4-9,12,21,26-27H,3,10-11H2,1-2H3,(H,23,24). The molecule has 0 saturated carbocycles. The number of aryl methyl sites for hydroxylation is 1. The van der Waals surface area contributed by atoms with Crippen molar-refractivity contribution in [3.63, 3.8) is 0 Å². The summed E-state index contributed by atoms with van der Waals surface area (Å²) in [4.78, 5) is 14.8. The minimum atomic E-state index is -0.372. The molecular formula is C22H23N3O4. The molecule has 7 heteroatoms. The van der Waals surface area contributed by atoms with Crippen LogP contribution in [0.3, 0.4) is 0 Å². The number of hydrogen-bond acceptors (Lipinski definition) is 5. The third kappa shape index (κ3) is 3.23. The van der Waals surface area contributed by atoms with Crippen LogP contribution in [-0.4, -0.2) is 51.5 Å². The van der Waals surface area contributed by atoms with Crippen molar-refractivity contribution in [1.82, 2.24) is 15.1 Å². The molecule has 29 heavy (non-hydrogen) atoms. The fraction of sp³-hybridized carbons (Fsp3) is 0.273. The fourth-order valence-electron chi connectivity index (χ4n) is 3.85. The topological polar surface area (TPSA) is 98.7 Å². The first kappa shape index (κ1) is 19.0. The Morgan fingerprint density at radius 3 is 2.66 bits per heavy atom. The average molecular weight is 393 g/mol. The number of aromatic nitrogens is 2. The first-order valence-corrected chi connectivity index (χ1v) is 9.49. The number of ether oxygens (including phenoxy) is 1. The van der Waals surface area contributed by atoms with Gasteiger partial charge in [-0.1, -0.05) is 23.8 Å². The number of aliphatic hydroxyl groups is 1. The van der Waals surface area contributed by atoms with Crippen molar-refractivity contribution in [3.8, 4) is 22.8 Å². The first-order valence-electron chi connectivity index (χ1n) is 9.49. The fourth-order valence-corrected chi connectivity index (χ4v) is 3.85. The Morgan fingerprint density at radius 1 is 1.21 bits per heavy atom. The van der Waals surface area contributed by atoms with E-state index >= 15 is 0 Å². The molecule has 3 aromatic rings. The van der Waals surface area contributed by atoms with Crippen LogP contribution in [0.5, 0.6) is 11.5 Å². The number of fused-ring (bicyclic) bond motifs is 1. The van der Waals surface area contributed by atoms with Gasteiger partial charge in [-0.25, -0.2) is 0 Å². The van der Waals surface area contributed by atoms with Crippen molar-refractivity contribution in [3.05, 3.63) is 64.8 Å². The number of benzene rings is 2. The molecule has 3 N–H and O–H groups in total. The van der Waals surface area contributed by atoms with E-state index < -0.39 is 0 Å². The van der Waals surface area contributed by atoms with Crippen molar-refractivity contribution < 1.29 is 19.7 Å². The van der Waals surface area contributed by atoms with Crippen LogP contribution in [0.15, 0.2) is 42.5 Å². The molecule has 2 aromatic carbocycles. The zero-order valence-electron chi connectivity index (χ0n) is 16.3. The molecule has 150 valence electrons. The maximum Gasteiger partial charge on any atom is 0.273 e. The van der Waals surface area contributed by atoms with Crippen LogP contribution in [0.4, 0.5) is 0 Å². The van der Waals surface area contributed by atoms with Crippen molar-refractivity contribution in [2.45, 2.75) is 19.4 Å². The number of carbonyl (C=O) groups excluding carboxylic acids is 1. The lowest BCUT2D eigenvalue weighted by molar-refractivity contribution is 0.0732. The summed E-state index contributed by atoms with van der Waals surface area (Å²) in [6.07, 6.45) is 0.473. The minimum Gasteiger partial charge on any atom is -0.507 e. The number of aromatic hydroxyl groups is 1. The number of hydrogen-bond donors (Lipinski definition) is 3. The highest BCUT2D eigenvalue weighted by molar-refractivity contribution is 6.00. The van der Waals surface area contributed by atoms with Crippen LogP contribution in [0.1, 0.15) is 39.6 Å². The maximum absolute atomic E-state index is 13.1. The molecule has 0 fully saturated rings. The monoisotopic (exact) mass is 393 g/mol. The van der Waals surface area contributed by atoms with Crippen LogP contribution in [-0.2, 0) is 0 Å². The molecule has 7 nitrogen and oxygen atoms in total. The van der Waals surface area contributed by atoms with E-state index in [0.29, 0.717) is 29.9 Å². The SMILES string of the molecule is COc1ccc(C2c3c(-c4cc(C)ccc4O)n[nH]c3C(=O)N2CCCO)cc1. The van der Waals surface area contributed by atoms with Crippen molar-refractivity contribution in [2.75, 3.05) is 20.3 Å². The number of methoxy groups -OCH3 is 1. The number of nitrogens with zero attached hydrogens (tertiary/aromatic N) is 2. The molecule has 0 saturated heterocycles. The van der Waals surface area contributed by atoms with E-state index in [-0.39, 0.29) is 24.3 Å². The minimum absolute atomic E-state index is 0.00315. The molecule has 1 amide bonds. The Morgan fingerprint density at radius 2 is 1.97 bits per heavy atom. The lowest BCUT2D eigenvalue weighted by atomic mass is 9.95. The molecule has 2 heterocycles. The Labute approximate surface area is 168 Å². The summed E-state index contributed by atoms with van der Waals surface area (Å²) in [6, 6.07) is 12.5. The predicted octanol–water partition coefficient (Wildman–Crippen LogP) is 3.03. The van der Waals surface area contributed by atoms with Gasteiger partial charge in [-0.2, -0.15) is 5.10 Å². The van der Waals surface area contributed by atoms with E-state index in [1.165, 1.54) is 0 Å². The van der Waals surface area contributed by atoms with Gasteiger partial charge >= 0.3 is 0 Å². The molecule has 1 unspecified atom stereocenters. The summed E-state index contributed by atoms with van der Waals surface area (Å²) in [5.41, 5.74) is 4.18. The molecule has 0 aliphatic carbocycles. The number of amides is 1. The second-order valence-corrected chi connectivity index (χ2v) is 7.13. The number of H-pyrrole nitrogens is 1. The molecule has 1 atom stereocenters. The zero-order chi connectivity index (χ0) is 20.5. The first-order chi connectivity index (χ1) is 14.0. The van der Waals surface area contributed by atoms with Gasteiger partial charge < -0.3 is 19.8 Å². The summed E-state index contributed by atoms with van der Waals surface area (Å²) in [7, 11) is 1.61. The largest absolute Gasteiger partial charge is 0.507 e. The van der Waals surface area contributed by atoms with Gasteiger partial charge in [-0.15, -0.1) is 0 Å². The normalized spacial score (nSPS) is 15.6. The van der Waals surface area contributed by atoms with Crippen LogP contribution in [0.2, 0.25) is 0 Å². The van der Waals surface area contributed by atoms with E-state index in [2.05, 4.69) is 10.2 Å². The Kier molecular flexibility index (Phi) is 4.98. The molecule has 0 radical (unpaired) electrons. The van der Waals surface area contributed by atoms with Gasteiger partial charge in [0.25, 0.3) is 5.91 Å². The average Bonchev–Trinajstić information content (AvgIpc) is 3.27. The van der Waals surface area contributed by atoms with Gasteiger partial charge in [0.05, 0.1) is 13.2 Å². The smallest absolute Gasteiger partial charge is 0.273 e. The molecule has 0 spiro atoms. The lowest BCUT2D eigenvalue weighted by Gasteiger charge is -2.26. The van der Waals surface area contributed by atoms with E-state index in [0.717, 1.165) is 22.4 Å². The summed E-state index contributed by atoms with van der Waals surface area (Å²) >= 11 is 0. The number of aromatic amines is 1. The summed E-state index contributed by atoms with van der Waals surface area (Å²) in [5, 5.41) is 27.0. The molecule has 4 rings (SSSR count). The van der Waals surface area contributed by atoms with Gasteiger partial charge in [-0.05, 0) is 43.2 Å². The number of nitrogens with one attached hydrogen (secondary N) is 1. The molecular weight excluding hydrogens is 370 g/mol. The van der Waals surface area contributed by atoms with E-state index in [1.54, 1.807) is 18.1 Å². The summed E-state index contributed by atoms with van der Waals surface area (Å²) in [6.45, 7) is 2.35. The quantitative estimate of drug-likeness (QED) is 0.598. The second kappa shape index (κ2) is 7.60. The molecule has 1 aliphatic rings. The summed E-state index contributed by atoms with van der Waals surface area (Å²) < 4.78 is 5.26. The highest BCUT2D eigenvalue weighted by Gasteiger charge is 2.42. The third-order valence-corrected chi connectivity index (χ3v) is 5.26. The number of phenols is 1. The van der Waals surface area contributed by atoms with Crippen molar-refractivity contribution in [1.29, 1.82) is 0 Å². The van der Waals surface area contributed by atoms with Crippen LogP contribution >= 0.6 is 0 Å². The Bertz CT molecular complexity index is 1040. The van der Waals surface area contributed by atoms with Crippen LogP contribution in [0.25, 0.3) is 11.3 Å². The highest BCUT2D eigenvalue weighted by Crippen LogP contribution is 2.44. The van der Waals surface area contributed by atoms with E-state index in [4.69, 9.17) is 4.74 Å². The van der Waals surface area contributed by atoms with Gasteiger partial charge in [0.1, 0.15) is 22.9 Å². The summed E-state index contributed by atoms with van der Waals surface area (Å²) in [5.74, 6) is 0.670. The number of rotatable bonds is 6. The van der Waals surface area contributed by atoms with Gasteiger partial charge in [0, 0.05) is 24.3 Å². The maximum atomic E-state index is 13.1. The second-order valence-electron chi connectivity index (χ2n) is 7.13. The van der Waals surface area contributed by atoms with E-state index in [9.17, 15) is 15.0 Å². The molecule has 1 aliphatic heterocycles. The van der Waals surface area contributed by atoms with Gasteiger partial charge in [0.2, 0.25) is 0 Å². The third-order valence-electron chi connectivity index (χ3n) is 5.26. The number of carbonyl (C=O) groups is 1. The highest BCUT2D eigenvalue weighted by atomic mass is 16.5. The van der Waals surface area contributed by atoms with Crippen LogP contribution in [0, 0.1) is 6.92 Å². The Balaban J connectivity index is 1.87. The van der Waals surface area contributed by atoms with E-state index in [1.807, 2.05) is 43.3 Å². The zero-order valence-corrected chi connectivity index (χ0v) is 16.3. The Hall–Kier alpha value is -3.32. The lowest BCUT2D eigenvalue weighted by Crippen LogP contribution is -2.31. The van der Waals surface area contributed by atoms with Crippen LogP contribution < -0.4 is 4.74 Å². The van der Waals surface area contributed by atoms with Gasteiger partial charge in [0.15, 0.2) is 0 Å². The molecule has 1 aromatic heterocycles. The van der Waals surface area contributed by atoms with Crippen molar-refractivity contribution >= 4 is 5.91 Å². The number of aliphatic hydroxyl groups excluding tert-OH is 1. The number of phenolic OH excluding ortho intramolecular Hbond substituents is 1. The van der Waals surface area contributed by atoms with Crippen molar-refractivity contribution in [2.24, 2.45) is 0 Å². The van der Waals surface area contributed by atoms with Gasteiger partial charge in [-0.3, -0.25) is 9.89 Å².